The summed E-state index contributed by atoms with van der Waals surface area (Å²) in [6.45, 7) is 0. The first-order chi connectivity index (χ1) is 23.2. The topological polar surface area (TPSA) is 51.6 Å². The lowest BCUT2D eigenvalue weighted by Gasteiger charge is -2.60. The fourth-order valence-electron chi connectivity index (χ4n) is 10.3. The molecule has 0 unspecified atom stereocenters. The van der Waals surface area contributed by atoms with Gasteiger partial charge in [0.25, 0.3) is 0 Å². The number of thiophene rings is 1. The van der Waals surface area contributed by atoms with Crippen LogP contribution in [-0.4, -0.2) is 19.9 Å². The molecule has 5 aliphatic rings. The molecule has 226 valence electrons. The molecule has 4 bridgehead atoms. The summed E-state index contributed by atoms with van der Waals surface area (Å²) in [4.78, 5) is 21.2. The van der Waals surface area contributed by atoms with E-state index in [4.69, 9.17) is 19.9 Å². The number of aromatic nitrogens is 4. The number of benzene rings is 4. The number of nitrogens with zero attached hydrogens (tertiary/aromatic N) is 4. The highest BCUT2D eigenvalue weighted by Gasteiger charge is 2.62. The van der Waals surface area contributed by atoms with Gasteiger partial charge in [-0.25, -0.2) is 19.9 Å². The van der Waals surface area contributed by atoms with E-state index in [-0.39, 0.29) is 5.41 Å². The molecule has 7 aromatic rings. The Kier molecular flexibility index (Phi) is 5.41. The van der Waals surface area contributed by atoms with Crippen LogP contribution in [0.15, 0.2) is 109 Å². The number of hydrogen-bond donors (Lipinski definition) is 0. The summed E-state index contributed by atoms with van der Waals surface area (Å²) in [6, 6.07) is 39.1. The van der Waals surface area contributed by atoms with Crippen molar-refractivity contribution in [3.8, 4) is 45.4 Å². The molecule has 0 saturated heterocycles. The van der Waals surface area contributed by atoms with E-state index in [9.17, 15) is 0 Å². The quantitative estimate of drug-likeness (QED) is 0.196. The summed E-state index contributed by atoms with van der Waals surface area (Å²) in [5.41, 5.74) is 8.34. The number of pyridine rings is 1. The largest absolute Gasteiger partial charge is 0.248 e. The molecule has 12 rings (SSSR count). The van der Waals surface area contributed by atoms with Crippen molar-refractivity contribution in [2.45, 2.75) is 37.5 Å². The van der Waals surface area contributed by atoms with Gasteiger partial charge in [-0.05, 0) is 85.1 Å². The van der Waals surface area contributed by atoms with Crippen LogP contribution in [0.4, 0.5) is 0 Å². The lowest BCUT2D eigenvalue weighted by Crippen LogP contribution is -2.55. The van der Waals surface area contributed by atoms with Gasteiger partial charge in [0.05, 0.1) is 5.69 Å². The van der Waals surface area contributed by atoms with Gasteiger partial charge in [0.15, 0.2) is 17.5 Å². The molecule has 3 aromatic heterocycles. The molecular formula is C42H32N4S. The first kappa shape index (κ1) is 26.3. The Morgan fingerprint density at radius 3 is 2.04 bits per heavy atom. The van der Waals surface area contributed by atoms with Gasteiger partial charge in [-0.2, -0.15) is 0 Å². The van der Waals surface area contributed by atoms with Gasteiger partial charge >= 0.3 is 0 Å². The van der Waals surface area contributed by atoms with Gasteiger partial charge in [-0.15, -0.1) is 11.3 Å². The summed E-state index contributed by atoms with van der Waals surface area (Å²) in [5, 5.41) is 2.51. The third-order valence-electron chi connectivity index (χ3n) is 11.9. The van der Waals surface area contributed by atoms with E-state index < -0.39 is 0 Å². The Morgan fingerprint density at radius 1 is 0.511 bits per heavy atom. The maximum atomic E-state index is 5.65. The van der Waals surface area contributed by atoms with Crippen LogP contribution in [0.25, 0.3) is 65.6 Å². The van der Waals surface area contributed by atoms with Crippen molar-refractivity contribution < 1.29 is 0 Å². The first-order valence-corrected chi connectivity index (χ1v) is 17.9. The third-order valence-corrected chi connectivity index (χ3v) is 13.1. The monoisotopic (exact) mass is 624 g/mol. The minimum Gasteiger partial charge on any atom is -0.248 e. The zero-order valence-electron chi connectivity index (χ0n) is 25.9. The van der Waals surface area contributed by atoms with E-state index in [0.717, 1.165) is 28.7 Å². The summed E-state index contributed by atoms with van der Waals surface area (Å²) >= 11 is 1.81. The lowest BCUT2D eigenvalue weighted by atomic mass is 9.43. The van der Waals surface area contributed by atoms with E-state index in [1.54, 1.807) is 0 Å². The predicted octanol–water partition coefficient (Wildman–Crippen LogP) is 10.4. The highest BCUT2D eigenvalue weighted by molar-refractivity contribution is 7.26. The van der Waals surface area contributed by atoms with E-state index in [2.05, 4.69) is 91.0 Å². The fourth-order valence-corrected chi connectivity index (χ4v) is 11.5. The van der Waals surface area contributed by atoms with E-state index in [1.165, 1.54) is 74.7 Å². The van der Waals surface area contributed by atoms with Crippen molar-refractivity contribution in [2.75, 3.05) is 0 Å². The lowest BCUT2D eigenvalue weighted by molar-refractivity contribution is -0.0415. The molecule has 5 heteroatoms. The predicted molar refractivity (Wildman–Crippen MR) is 190 cm³/mol. The van der Waals surface area contributed by atoms with Crippen molar-refractivity contribution >= 4 is 31.5 Å². The minimum absolute atomic E-state index is 0.00382. The van der Waals surface area contributed by atoms with Crippen LogP contribution in [0, 0.1) is 23.7 Å². The van der Waals surface area contributed by atoms with Gasteiger partial charge in [-0.1, -0.05) is 91.0 Å². The SMILES string of the molecule is c1ccc(-c2nc(-c3ccc4c(n3)C3(c5ccccc5-4)C4CC5CC(C4)CC3C5)nc(-c3cccc4c3sc3ccccc34)n2)cc1. The van der Waals surface area contributed by atoms with E-state index in [1.807, 2.05) is 29.5 Å². The zero-order chi connectivity index (χ0) is 30.7. The maximum absolute atomic E-state index is 5.65. The summed E-state index contributed by atoms with van der Waals surface area (Å²) in [7, 11) is 0. The molecule has 4 fully saturated rings. The van der Waals surface area contributed by atoms with Gasteiger partial charge < -0.3 is 0 Å². The Morgan fingerprint density at radius 2 is 1.19 bits per heavy atom. The van der Waals surface area contributed by atoms with Crippen molar-refractivity contribution in [3.05, 3.63) is 120 Å². The fraction of sp³-hybridized carbons (Fsp3) is 0.238. The molecule has 4 aromatic carbocycles. The first-order valence-electron chi connectivity index (χ1n) is 17.1. The number of hydrogen-bond acceptors (Lipinski definition) is 5. The second-order valence-electron chi connectivity index (χ2n) is 14.3. The van der Waals surface area contributed by atoms with Crippen molar-refractivity contribution in [1.82, 2.24) is 19.9 Å². The highest BCUT2D eigenvalue weighted by Crippen LogP contribution is 2.69. The summed E-state index contributed by atoms with van der Waals surface area (Å²) < 4.78 is 2.48. The number of rotatable bonds is 3. The molecule has 0 radical (unpaired) electrons. The van der Waals surface area contributed by atoms with Crippen LogP contribution in [-0.2, 0) is 5.41 Å². The van der Waals surface area contributed by atoms with Gasteiger partial charge in [0.1, 0.15) is 5.69 Å². The summed E-state index contributed by atoms with van der Waals surface area (Å²) in [6.07, 6.45) is 6.77. The molecule has 4 saturated carbocycles. The van der Waals surface area contributed by atoms with E-state index >= 15 is 0 Å². The van der Waals surface area contributed by atoms with Crippen molar-refractivity contribution in [1.29, 1.82) is 0 Å². The molecule has 5 aliphatic carbocycles. The Hall–Kier alpha value is -4.74. The maximum Gasteiger partial charge on any atom is 0.182 e. The van der Waals surface area contributed by atoms with Crippen molar-refractivity contribution in [3.63, 3.8) is 0 Å². The molecule has 0 atom stereocenters. The van der Waals surface area contributed by atoms with Crippen LogP contribution < -0.4 is 0 Å². The summed E-state index contributed by atoms with van der Waals surface area (Å²) in [5.74, 6) is 5.10. The molecule has 1 spiro atoms. The zero-order valence-corrected chi connectivity index (χ0v) is 26.8. The smallest absolute Gasteiger partial charge is 0.182 e. The molecule has 0 amide bonds. The van der Waals surface area contributed by atoms with E-state index in [0.29, 0.717) is 29.3 Å². The Bertz CT molecular complexity index is 2360. The third kappa shape index (κ3) is 3.64. The molecule has 0 N–H and O–H groups in total. The minimum atomic E-state index is -0.00382. The Labute approximate surface area is 277 Å². The molecule has 0 aliphatic heterocycles. The standard InChI is InChI=1S/C42H32N4S/c1-2-9-26(10-3-1)39-44-40(33-14-8-13-31-30-12-5-7-16-36(30)47-37(31)33)46-41(45-39)35-18-17-32-29-11-4-6-15-34(29)42(38(32)43-35)27-20-24-19-25(22-27)23-28(42)21-24/h1-18,24-25,27-28H,19-23H2. The average molecular weight is 625 g/mol. The average Bonchev–Trinajstić information content (AvgIpc) is 3.64. The van der Waals surface area contributed by atoms with Crippen LogP contribution in [0.2, 0.25) is 0 Å². The molecular weight excluding hydrogens is 593 g/mol. The molecule has 4 nitrogen and oxygen atoms in total. The van der Waals surface area contributed by atoms with Gasteiger partial charge in [0, 0.05) is 42.3 Å². The van der Waals surface area contributed by atoms with Gasteiger partial charge in [-0.3, -0.25) is 0 Å². The van der Waals surface area contributed by atoms with Crippen LogP contribution >= 0.6 is 11.3 Å². The Balaban J connectivity index is 1.13. The second kappa shape index (κ2) is 9.65. The molecule has 47 heavy (non-hydrogen) atoms. The van der Waals surface area contributed by atoms with Crippen LogP contribution in [0.1, 0.15) is 43.4 Å². The van der Waals surface area contributed by atoms with Gasteiger partial charge in [0.2, 0.25) is 0 Å². The van der Waals surface area contributed by atoms with Crippen molar-refractivity contribution in [2.24, 2.45) is 23.7 Å². The second-order valence-corrected chi connectivity index (χ2v) is 15.3. The highest BCUT2D eigenvalue weighted by atomic mass is 32.1. The van der Waals surface area contributed by atoms with Crippen LogP contribution in [0.5, 0.6) is 0 Å². The number of fused-ring (bicyclic) bond motifs is 6. The normalized spacial score (nSPS) is 25.1. The van der Waals surface area contributed by atoms with Crippen LogP contribution in [0.3, 0.4) is 0 Å². The molecule has 3 heterocycles.